The highest BCUT2D eigenvalue weighted by Crippen LogP contribution is 2.17. The molecule has 3 aromatic rings. The first-order valence-corrected chi connectivity index (χ1v) is 10.8. The highest BCUT2D eigenvalue weighted by atomic mass is 32.1. The number of hydrogen-bond acceptors (Lipinski definition) is 4. The van der Waals surface area contributed by atoms with Crippen molar-refractivity contribution in [2.24, 2.45) is 0 Å². The second-order valence-corrected chi connectivity index (χ2v) is 8.17. The molecule has 2 aromatic carbocycles. The van der Waals surface area contributed by atoms with Gasteiger partial charge in [0, 0.05) is 29.9 Å². The summed E-state index contributed by atoms with van der Waals surface area (Å²) in [4.78, 5) is 19.9. The van der Waals surface area contributed by atoms with Crippen molar-refractivity contribution < 1.29 is 4.74 Å². The van der Waals surface area contributed by atoms with Crippen LogP contribution in [0.15, 0.2) is 53.3 Å². The number of rotatable bonds is 8. The topological polar surface area (TPSA) is 60.6 Å². The summed E-state index contributed by atoms with van der Waals surface area (Å²) in [5, 5.41) is 4.90. The Morgan fingerprint density at radius 3 is 2.48 bits per heavy atom. The Balaban J connectivity index is 1.84. The summed E-state index contributed by atoms with van der Waals surface area (Å²) < 4.78 is 5.22. The molecule has 0 saturated carbocycles. The van der Waals surface area contributed by atoms with E-state index >= 15 is 0 Å². The lowest BCUT2D eigenvalue weighted by atomic mass is 10.1. The maximum Gasteiger partial charge on any atom is 0.253 e. The number of anilines is 1. The lowest BCUT2D eigenvalue weighted by Gasteiger charge is -2.27. The van der Waals surface area contributed by atoms with Crippen LogP contribution in [0.25, 0.3) is 10.9 Å². The standard InChI is InChI=1S/C24H30N4O2S/c1-5-17-6-11-22-18(14-17)15-19(23(29)26-22)16-28(13-12-27(2)3)24(31)25-20-7-9-21(30-4)10-8-20/h6-11,14-15H,5,12-13,16H2,1-4H3,(H,25,31)(H,26,29). The van der Waals surface area contributed by atoms with Gasteiger partial charge in [0.1, 0.15) is 5.75 Å². The summed E-state index contributed by atoms with van der Waals surface area (Å²) in [6, 6.07) is 15.7. The number of benzene rings is 2. The fraction of sp³-hybridized carbons (Fsp3) is 0.333. The summed E-state index contributed by atoms with van der Waals surface area (Å²) in [5.74, 6) is 0.787. The number of pyridine rings is 1. The molecule has 1 heterocycles. The van der Waals surface area contributed by atoms with E-state index < -0.39 is 0 Å². The van der Waals surface area contributed by atoms with E-state index in [1.165, 1.54) is 5.56 Å². The van der Waals surface area contributed by atoms with Crippen LogP contribution in [0.5, 0.6) is 5.75 Å². The number of aryl methyl sites for hydroxylation is 1. The van der Waals surface area contributed by atoms with Crippen LogP contribution >= 0.6 is 12.2 Å². The number of aromatic amines is 1. The Kier molecular flexibility index (Phi) is 7.65. The van der Waals surface area contributed by atoms with Gasteiger partial charge in [0.15, 0.2) is 5.11 Å². The third kappa shape index (κ3) is 6.06. The number of hydrogen-bond donors (Lipinski definition) is 2. The molecule has 2 N–H and O–H groups in total. The van der Waals surface area contributed by atoms with Gasteiger partial charge in [-0.2, -0.15) is 0 Å². The van der Waals surface area contributed by atoms with E-state index in [-0.39, 0.29) is 5.56 Å². The summed E-state index contributed by atoms with van der Waals surface area (Å²) in [6.07, 6.45) is 0.954. The quantitative estimate of drug-likeness (QED) is 0.521. The van der Waals surface area contributed by atoms with E-state index in [4.69, 9.17) is 17.0 Å². The molecule has 6 nitrogen and oxygen atoms in total. The second-order valence-electron chi connectivity index (χ2n) is 7.78. The van der Waals surface area contributed by atoms with Crippen molar-refractivity contribution in [1.29, 1.82) is 0 Å². The molecule has 0 fully saturated rings. The van der Waals surface area contributed by atoms with Gasteiger partial charge in [-0.3, -0.25) is 4.79 Å². The van der Waals surface area contributed by atoms with Crippen LogP contribution in [0.2, 0.25) is 0 Å². The van der Waals surface area contributed by atoms with Crippen molar-refractivity contribution in [1.82, 2.24) is 14.8 Å². The number of nitrogens with zero attached hydrogens (tertiary/aromatic N) is 2. The van der Waals surface area contributed by atoms with Gasteiger partial charge in [0.25, 0.3) is 5.56 Å². The van der Waals surface area contributed by atoms with E-state index in [1.807, 2.05) is 55.4 Å². The first-order chi connectivity index (χ1) is 14.9. The van der Waals surface area contributed by atoms with Crippen molar-refractivity contribution in [3.05, 3.63) is 70.0 Å². The SMILES string of the molecule is CCc1ccc2[nH]c(=O)c(CN(CCN(C)C)C(=S)Nc3ccc(OC)cc3)cc2c1. The minimum Gasteiger partial charge on any atom is -0.497 e. The molecule has 0 saturated heterocycles. The number of aromatic nitrogens is 1. The normalized spacial score (nSPS) is 11.0. The predicted molar refractivity (Wildman–Crippen MR) is 132 cm³/mol. The third-order valence-corrected chi connectivity index (χ3v) is 5.56. The van der Waals surface area contributed by atoms with Crippen molar-refractivity contribution in [3.8, 4) is 5.75 Å². The molecule has 0 unspecified atom stereocenters. The third-order valence-electron chi connectivity index (χ3n) is 5.20. The molecular formula is C24H30N4O2S. The molecule has 0 aliphatic heterocycles. The highest BCUT2D eigenvalue weighted by Gasteiger charge is 2.14. The van der Waals surface area contributed by atoms with Gasteiger partial charge in [0.2, 0.25) is 0 Å². The molecule has 0 aliphatic carbocycles. The van der Waals surface area contributed by atoms with Crippen molar-refractivity contribution in [2.75, 3.05) is 39.6 Å². The predicted octanol–water partition coefficient (Wildman–Crippen LogP) is 3.86. The largest absolute Gasteiger partial charge is 0.497 e. The monoisotopic (exact) mass is 438 g/mol. The van der Waals surface area contributed by atoms with Crippen molar-refractivity contribution in [3.63, 3.8) is 0 Å². The Bertz CT molecular complexity index is 1090. The molecule has 164 valence electrons. The minimum atomic E-state index is -0.0844. The Labute approximate surface area is 188 Å². The maximum atomic E-state index is 12.7. The Hall–Kier alpha value is -2.90. The second kappa shape index (κ2) is 10.4. The summed E-state index contributed by atoms with van der Waals surface area (Å²) in [7, 11) is 5.68. The number of methoxy groups -OCH3 is 1. The number of nitrogens with one attached hydrogen (secondary N) is 2. The first-order valence-electron chi connectivity index (χ1n) is 10.4. The van der Waals surface area contributed by atoms with Gasteiger partial charge in [-0.1, -0.05) is 13.0 Å². The van der Waals surface area contributed by atoms with E-state index in [0.29, 0.717) is 23.8 Å². The molecule has 0 bridgehead atoms. The lowest BCUT2D eigenvalue weighted by molar-refractivity contribution is 0.327. The number of H-pyrrole nitrogens is 1. The van der Waals surface area contributed by atoms with E-state index in [0.717, 1.165) is 35.3 Å². The van der Waals surface area contributed by atoms with E-state index in [9.17, 15) is 4.79 Å². The van der Waals surface area contributed by atoms with Gasteiger partial charge in [-0.15, -0.1) is 0 Å². The molecule has 0 aliphatic rings. The van der Waals surface area contributed by atoms with E-state index in [1.54, 1.807) is 7.11 Å². The summed E-state index contributed by atoms with van der Waals surface area (Å²) >= 11 is 5.70. The number of ether oxygens (including phenoxy) is 1. The van der Waals surface area contributed by atoms with Crippen LogP contribution in [-0.4, -0.2) is 54.2 Å². The molecule has 0 atom stereocenters. The Morgan fingerprint density at radius 1 is 1.10 bits per heavy atom. The van der Waals surface area contributed by atoms with Crippen LogP contribution in [0.1, 0.15) is 18.1 Å². The lowest BCUT2D eigenvalue weighted by Crippen LogP contribution is -2.40. The average Bonchev–Trinajstić information content (AvgIpc) is 2.76. The fourth-order valence-electron chi connectivity index (χ4n) is 3.29. The van der Waals surface area contributed by atoms with Gasteiger partial charge in [0.05, 0.1) is 13.7 Å². The highest BCUT2D eigenvalue weighted by molar-refractivity contribution is 7.80. The fourth-order valence-corrected chi connectivity index (χ4v) is 3.57. The first kappa shape index (κ1) is 22.8. The van der Waals surface area contributed by atoms with Gasteiger partial charge in [-0.05, 0) is 86.1 Å². The van der Waals surface area contributed by atoms with Crippen molar-refractivity contribution in [2.45, 2.75) is 19.9 Å². The van der Waals surface area contributed by atoms with Crippen LogP contribution in [0, 0.1) is 0 Å². The van der Waals surface area contributed by atoms with Crippen LogP contribution in [-0.2, 0) is 13.0 Å². The number of likely N-dealkylation sites (N-methyl/N-ethyl adjacent to an activating group) is 1. The maximum absolute atomic E-state index is 12.7. The van der Waals surface area contributed by atoms with Crippen LogP contribution in [0.4, 0.5) is 5.69 Å². The van der Waals surface area contributed by atoms with Gasteiger partial charge < -0.3 is 24.8 Å². The minimum absolute atomic E-state index is 0.0844. The van der Waals surface area contributed by atoms with Gasteiger partial charge in [-0.25, -0.2) is 0 Å². The van der Waals surface area contributed by atoms with Crippen LogP contribution < -0.4 is 15.6 Å². The zero-order valence-corrected chi connectivity index (χ0v) is 19.4. The molecular weight excluding hydrogens is 408 g/mol. The zero-order chi connectivity index (χ0) is 22.4. The number of fused-ring (bicyclic) bond motifs is 1. The number of thiocarbonyl (C=S) groups is 1. The summed E-state index contributed by atoms with van der Waals surface area (Å²) in [5.41, 5.74) is 3.58. The van der Waals surface area contributed by atoms with Crippen LogP contribution in [0.3, 0.4) is 0 Å². The van der Waals surface area contributed by atoms with Crippen molar-refractivity contribution >= 4 is 33.9 Å². The molecule has 0 amide bonds. The molecule has 3 rings (SSSR count). The Morgan fingerprint density at radius 2 is 1.84 bits per heavy atom. The summed E-state index contributed by atoms with van der Waals surface area (Å²) in [6.45, 7) is 4.06. The average molecular weight is 439 g/mol. The molecule has 31 heavy (non-hydrogen) atoms. The van der Waals surface area contributed by atoms with E-state index in [2.05, 4.69) is 34.3 Å². The zero-order valence-electron chi connectivity index (χ0n) is 18.6. The molecule has 1 aromatic heterocycles. The molecule has 7 heteroatoms. The smallest absolute Gasteiger partial charge is 0.253 e. The molecule has 0 radical (unpaired) electrons. The molecule has 0 spiro atoms. The van der Waals surface area contributed by atoms with Gasteiger partial charge >= 0.3 is 0 Å².